The van der Waals surface area contributed by atoms with E-state index in [2.05, 4.69) is 15.1 Å². The zero-order valence-corrected chi connectivity index (χ0v) is 16.4. The second kappa shape index (κ2) is 6.53. The molecular weight excluding hydrogens is 372 g/mol. The zero-order chi connectivity index (χ0) is 20.2. The predicted octanol–water partition coefficient (Wildman–Crippen LogP) is 0.430. The Morgan fingerprint density at radius 3 is 2.62 bits per heavy atom. The molecule has 4 heterocycles. The lowest BCUT2D eigenvalue weighted by molar-refractivity contribution is -0.143. The molecule has 5 rings (SSSR count). The maximum atomic E-state index is 13.0. The number of nitrogens with one attached hydrogen (secondary N) is 1. The van der Waals surface area contributed by atoms with Crippen LogP contribution in [-0.4, -0.2) is 61.0 Å². The van der Waals surface area contributed by atoms with E-state index in [1.54, 1.807) is 11.2 Å². The number of piperidine rings is 1. The number of aromatic nitrogens is 4. The Morgan fingerprint density at radius 1 is 1.17 bits per heavy atom. The number of aromatic amines is 1. The van der Waals surface area contributed by atoms with E-state index in [0.29, 0.717) is 32.5 Å². The SMILES string of the molecule is Cn1nc(C(=O)N2CCC3(CC2)c2nc[nH]c2CCN3C(=O)C2CC2)ccc1=O. The molecule has 1 aliphatic carbocycles. The van der Waals surface area contributed by atoms with Crippen LogP contribution in [0.5, 0.6) is 0 Å². The molecule has 1 spiro atoms. The Hall–Kier alpha value is -2.97. The Morgan fingerprint density at radius 2 is 1.93 bits per heavy atom. The van der Waals surface area contributed by atoms with Gasteiger partial charge < -0.3 is 14.8 Å². The minimum atomic E-state index is -0.443. The Kier molecular flexibility index (Phi) is 4.07. The summed E-state index contributed by atoms with van der Waals surface area (Å²) in [5, 5.41) is 4.09. The largest absolute Gasteiger partial charge is 0.348 e. The van der Waals surface area contributed by atoms with Crippen LogP contribution in [0.25, 0.3) is 0 Å². The summed E-state index contributed by atoms with van der Waals surface area (Å²) < 4.78 is 1.17. The van der Waals surface area contributed by atoms with Crippen LogP contribution in [0.4, 0.5) is 0 Å². The maximum absolute atomic E-state index is 13.0. The van der Waals surface area contributed by atoms with Gasteiger partial charge in [-0.1, -0.05) is 0 Å². The average molecular weight is 396 g/mol. The van der Waals surface area contributed by atoms with Crippen molar-refractivity contribution in [3.8, 4) is 0 Å². The number of imidazole rings is 1. The molecule has 0 atom stereocenters. The van der Waals surface area contributed by atoms with E-state index in [1.807, 2.05) is 4.90 Å². The van der Waals surface area contributed by atoms with Crippen molar-refractivity contribution in [2.75, 3.05) is 19.6 Å². The molecule has 1 saturated heterocycles. The second-order valence-corrected chi connectivity index (χ2v) is 8.25. The molecule has 29 heavy (non-hydrogen) atoms. The van der Waals surface area contributed by atoms with E-state index >= 15 is 0 Å². The number of carbonyl (C=O) groups excluding carboxylic acids is 2. The van der Waals surface area contributed by atoms with Crippen molar-refractivity contribution in [1.29, 1.82) is 0 Å². The number of amides is 2. The van der Waals surface area contributed by atoms with Gasteiger partial charge in [0.1, 0.15) is 5.69 Å². The van der Waals surface area contributed by atoms with E-state index < -0.39 is 5.54 Å². The summed E-state index contributed by atoms with van der Waals surface area (Å²) in [4.78, 5) is 49.1. The number of carbonyl (C=O) groups is 2. The van der Waals surface area contributed by atoms with Crippen molar-refractivity contribution < 1.29 is 9.59 Å². The summed E-state index contributed by atoms with van der Waals surface area (Å²) in [6.45, 7) is 1.73. The lowest BCUT2D eigenvalue weighted by Crippen LogP contribution is -2.59. The maximum Gasteiger partial charge on any atom is 0.274 e. The molecule has 0 radical (unpaired) electrons. The smallest absolute Gasteiger partial charge is 0.274 e. The van der Waals surface area contributed by atoms with Gasteiger partial charge in [0.25, 0.3) is 11.5 Å². The molecule has 2 fully saturated rings. The van der Waals surface area contributed by atoms with Crippen LogP contribution >= 0.6 is 0 Å². The fraction of sp³-hybridized carbons (Fsp3) is 0.550. The number of H-pyrrole nitrogens is 1. The molecule has 2 amide bonds. The van der Waals surface area contributed by atoms with Crippen LogP contribution in [-0.2, 0) is 23.8 Å². The van der Waals surface area contributed by atoms with E-state index in [-0.39, 0.29) is 29.0 Å². The average Bonchev–Trinajstić information content (AvgIpc) is 3.47. The van der Waals surface area contributed by atoms with Gasteiger partial charge in [0.15, 0.2) is 0 Å². The first-order valence-corrected chi connectivity index (χ1v) is 10.2. The lowest BCUT2D eigenvalue weighted by atomic mass is 9.78. The van der Waals surface area contributed by atoms with Crippen LogP contribution < -0.4 is 5.56 Å². The van der Waals surface area contributed by atoms with Crippen molar-refractivity contribution in [2.45, 2.75) is 37.6 Å². The van der Waals surface area contributed by atoms with Crippen LogP contribution in [0.3, 0.4) is 0 Å². The molecule has 2 aromatic rings. The van der Waals surface area contributed by atoms with Crippen molar-refractivity contribution >= 4 is 11.8 Å². The normalized spacial score (nSPS) is 20.6. The molecule has 1 saturated carbocycles. The highest BCUT2D eigenvalue weighted by Gasteiger charge is 2.51. The summed E-state index contributed by atoms with van der Waals surface area (Å²) >= 11 is 0. The van der Waals surface area contributed by atoms with Crippen LogP contribution in [0.15, 0.2) is 23.3 Å². The van der Waals surface area contributed by atoms with Gasteiger partial charge >= 0.3 is 0 Å². The van der Waals surface area contributed by atoms with Crippen LogP contribution in [0, 0.1) is 5.92 Å². The molecule has 9 heteroatoms. The van der Waals surface area contributed by atoms with Gasteiger partial charge in [0, 0.05) is 50.8 Å². The lowest BCUT2D eigenvalue weighted by Gasteiger charge is -2.50. The van der Waals surface area contributed by atoms with Crippen molar-refractivity contribution in [3.63, 3.8) is 0 Å². The summed E-state index contributed by atoms with van der Waals surface area (Å²) in [7, 11) is 1.53. The highest BCUT2D eigenvalue weighted by Crippen LogP contribution is 2.45. The molecule has 2 aliphatic heterocycles. The van der Waals surface area contributed by atoms with Crippen molar-refractivity contribution in [3.05, 3.63) is 45.9 Å². The third-order valence-electron chi connectivity index (χ3n) is 6.51. The van der Waals surface area contributed by atoms with E-state index in [0.717, 1.165) is 30.7 Å². The van der Waals surface area contributed by atoms with E-state index in [9.17, 15) is 14.4 Å². The number of nitrogens with zero attached hydrogens (tertiary/aromatic N) is 5. The van der Waals surface area contributed by atoms with Gasteiger partial charge in [-0.2, -0.15) is 5.10 Å². The molecule has 1 N–H and O–H groups in total. The molecular formula is C20H24N6O3. The number of fused-ring (bicyclic) bond motifs is 2. The predicted molar refractivity (Wildman–Crippen MR) is 103 cm³/mol. The van der Waals surface area contributed by atoms with E-state index in [1.165, 1.54) is 23.9 Å². The molecule has 0 aromatic carbocycles. The van der Waals surface area contributed by atoms with Crippen molar-refractivity contribution in [2.24, 2.45) is 13.0 Å². The monoisotopic (exact) mass is 396 g/mol. The summed E-state index contributed by atoms with van der Waals surface area (Å²) in [6.07, 6.45) is 5.76. The fourth-order valence-corrected chi connectivity index (χ4v) is 4.71. The molecule has 152 valence electrons. The molecule has 0 unspecified atom stereocenters. The minimum absolute atomic E-state index is 0.154. The van der Waals surface area contributed by atoms with Crippen LogP contribution in [0.1, 0.15) is 47.6 Å². The van der Waals surface area contributed by atoms with Gasteiger partial charge in [0.2, 0.25) is 5.91 Å². The van der Waals surface area contributed by atoms with E-state index in [4.69, 9.17) is 0 Å². The summed E-state index contributed by atoms with van der Waals surface area (Å²) in [5.41, 5.74) is 1.63. The van der Waals surface area contributed by atoms with Crippen molar-refractivity contribution in [1.82, 2.24) is 29.5 Å². The molecule has 9 nitrogen and oxygen atoms in total. The fourth-order valence-electron chi connectivity index (χ4n) is 4.71. The standard InChI is InChI=1S/C20H24N6O3/c1-24-16(27)5-4-15(23-24)19(29)25-10-7-20(8-11-25)17-14(21-12-22-17)6-9-26(20)18(28)13-2-3-13/h4-5,12-13H,2-3,6-11H2,1H3,(H,21,22). The quantitative estimate of drug-likeness (QED) is 0.793. The number of hydrogen-bond donors (Lipinski definition) is 1. The molecule has 2 aromatic heterocycles. The Balaban J connectivity index is 1.40. The third kappa shape index (κ3) is 2.87. The zero-order valence-electron chi connectivity index (χ0n) is 16.4. The Bertz CT molecular complexity index is 1030. The minimum Gasteiger partial charge on any atom is -0.348 e. The number of aryl methyl sites for hydroxylation is 1. The van der Waals surface area contributed by atoms with Gasteiger partial charge in [0.05, 0.1) is 17.6 Å². The van der Waals surface area contributed by atoms with Gasteiger partial charge in [-0.15, -0.1) is 0 Å². The summed E-state index contributed by atoms with van der Waals surface area (Å²) in [5.74, 6) is 0.202. The topological polar surface area (TPSA) is 104 Å². The Labute approximate surface area is 167 Å². The number of hydrogen-bond acceptors (Lipinski definition) is 5. The van der Waals surface area contributed by atoms with Gasteiger partial charge in [-0.25, -0.2) is 9.67 Å². The molecule has 0 bridgehead atoms. The first kappa shape index (κ1) is 18.1. The first-order chi connectivity index (χ1) is 14.0. The first-order valence-electron chi connectivity index (χ1n) is 10.2. The van der Waals surface area contributed by atoms with Gasteiger partial charge in [-0.05, 0) is 31.7 Å². The summed E-state index contributed by atoms with van der Waals surface area (Å²) in [6, 6.07) is 2.84. The molecule has 3 aliphatic rings. The highest BCUT2D eigenvalue weighted by molar-refractivity contribution is 5.92. The highest BCUT2D eigenvalue weighted by atomic mass is 16.2. The second-order valence-electron chi connectivity index (χ2n) is 8.25. The number of rotatable bonds is 2. The number of likely N-dealkylation sites (tertiary alicyclic amines) is 1. The third-order valence-corrected chi connectivity index (χ3v) is 6.51. The van der Waals surface area contributed by atoms with Gasteiger partial charge in [-0.3, -0.25) is 14.4 Å². The van der Waals surface area contributed by atoms with Crippen LogP contribution in [0.2, 0.25) is 0 Å².